The summed E-state index contributed by atoms with van der Waals surface area (Å²) in [6.07, 6.45) is 6.54. The second-order valence-electron chi connectivity index (χ2n) is 7.51. The summed E-state index contributed by atoms with van der Waals surface area (Å²) in [5.41, 5.74) is 3.78. The first-order valence-electron chi connectivity index (χ1n) is 10.2. The number of nitrogens with one attached hydrogen (secondary N) is 1. The van der Waals surface area contributed by atoms with Crippen molar-refractivity contribution in [1.82, 2.24) is 29.5 Å². The third-order valence-electron chi connectivity index (χ3n) is 5.25. The summed E-state index contributed by atoms with van der Waals surface area (Å²) in [6, 6.07) is 13.2. The molecule has 0 bridgehead atoms. The first kappa shape index (κ1) is 20.5. The Kier molecular flexibility index (Phi) is 5.14. The molecule has 3 aromatic heterocycles. The number of carbonyl (C=O) groups excluding carboxylic acids is 1. The number of nitrogens with zero attached hydrogens (tertiary/aromatic N) is 5. The van der Waals surface area contributed by atoms with Gasteiger partial charge in [-0.2, -0.15) is 5.10 Å². The van der Waals surface area contributed by atoms with Crippen molar-refractivity contribution in [3.63, 3.8) is 0 Å². The fraction of sp³-hybridized carbons (Fsp3) is 0.0833. The fourth-order valence-corrected chi connectivity index (χ4v) is 3.57. The van der Waals surface area contributed by atoms with Gasteiger partial charge in [-0.15, -0.1) is 0 Å². The van der Waals surface area contributed by atoms with E-state index >= 15 is 0 Å². The van der Waals surface area contributed by atoms with Gasteiger partial charge in [0.1, 0.15) is 5.69 Å². The van der Waals surface area contributed by atoms with Gasteiger partial charge in [-0.25, -0.2) is 18.4 Å². The molecule has 0 radical (unpaired) electrons. The topological polar surface area (TPSA) is 77.1 Å². The molecule has 0 unspecified atom stereocenters. The molecule has 7 nitrogen and oxygen atoms in total. The number of hydrogen-bond acceptors (Lipinski definition) is 4. The van der Waals surface area contributed by atoms with E-state index in [1.165, 1.54) is 6.07 Å². The Balaban J connectivity index is 1.50. The lowest BCUT2D eigenvalue weighted by Crippen LogP contribution is -2.23. The van der Waals surface area contributed by atoms with Crippen LogP contribution >= 0.6 is 0 Å². The van der Waals surface area contributed by atoms with Gasteiger partial charge >= 0.3 is 0 Å². The minimum atomic E-state index is -0.968. The lowest BCUT2D eigenvalue weighted by Gasteiger charge is -2.07. The highest BCUT2D eigenvalue weighted by molar-refractivity contribution is 5.99. The van der Waals surface area contributed by atoms with Crippen molar-refractivity contribution >= 4 is 11.4 Å². The summed E-state index contributed by atoms with van der Waals surface area (Å²) in [5.74, 6) is -1.85. The van der Waals surface area contributed by atoms with E-state index < -0.39 is 17.5 Å². The molecule has 5 rings (SSSR count). The number of hydrogen-bond donors (Lipinski definition) is 1. The van der Waals surface area contributed by atoms with Gasteiger partial charge in [0, 0.05) is 18.9 Å². The molecule has 0 atom stereocenters. The summed E-state index contributed by atoms with van der Waals surface area (Å²) in [5, 5.41) is 7.14. The van der Waals surface area contributed by atoms with Crippen molar-refractivity contribution in [3.8, 4) is 17.2 Å². The standard InChI is InChI=1S/C24H18F2N6O/c1-15-2-5-17(6-3-15)32-20(8-9-29-32)23-30-22(21-14-27-10-11-31(21)23)24(33)28-13-16-4-7-18(25)19(26)12-16/h2-12,14H,13H2,1H3,(H,28,33). The second kappa shape index (κ2) is 8.27. The second-order valence-corrected chi connectivity index (χ2v) is 7.51. The van der Waals surface area contributed by atoms with E-state index in [0.29, 0.717) is 22.6 Å². The van der Waals surface area contributed by atoms with E-state index in [2.05, 4.69) is 20.4 Å². The highest BCUT2D eigenvalue weighted by Gasteiger charge is 2.21. The Morgan fingerprint density at radius 2 is 1.85 bits per heavy atom. The van der Waals surface area contributed by atoms with Gasteiger partial charge in [0.2, 0.25) is 0 Å². The van der Waals surface area contributed by atoms with E-state index in [1.54, 1.807) is 33.9 Å². The van der Waals surface area contributed by atoms with Crippen molar-refractivity contribution in [2.45, 2.75) is 13.5 Å². The van der Waals surface area contributed by atoms with Gasteiger partial charge < -0.3 is 5.32 Å². The molecule has 0 aliphatic rings. The molecule has 0 saturated carbocycles. The summed E-state index contributed by atoms with van der Waals surface area (Å²) < 4.78 is 30.1. The third kappa shape index (κ3) is 3.84. The molecule has 0 saturated heterocycles. The lowest BCUT2D eigenvalue weighted by molar-refractivity contribution is 0.0948. The number of amides is 1. The van der Waals surface area contributed by atoms with Crippen LogP contribution in [0.4, 0.5) is 8.78 Å². The van der Waals surface area contributed by atoms with Gasteiger partial charge in [-0.05, 0) is 42.8 Å². The smallest absolute Gasteiger partial charge is 0.272 e. The molecule has 5 aromatic rings. The molecule has 1 N–H and O–H groups in total. The number of fused-ring (bicyclic) bond motifs is 1. The van der Waals surface area contributed by atoms with Crippen LogP contribution in [0.3, 0.4) is 0 Å². The van der Waals surface area contributed by atoms with Crippen molar-refractivity contribution in [1.29, 1.82) is 0 Å². The van der Waals surface area contributed by atoms with Gasteiger partial charge in [-0.3, -0.25) is 14.2 Å². The van der Waals surface area contributed by atoms with E-state index in [9.17, 15) is 13.6 Å². The first-order valence-corrected chi connectivity index (χ1v) is 10.2. The van der Waals surface area contributed by atoms with Crippen LogP contribution < -0.4 is 5.32 Å². The van der Waals surface area contributed by atoms with Gasteiger partial charge in [-0.1, -0.05) is 23.8 Å². The lowest BCUT2D eigenvalue weighted by atomic mass is 10.2. The quantitative estimate of drug-likeness (QED) is 0.443. The monoisotopic (exact) mass is 444 g/mol. The van der Waals surface area contributed by atoms with Crippen LogP contribution in [0.5, 0.6) is 0 Å². The summed E-state index contributed by atoms with van der Waals surface area (Å²) in [4.78, 5) is 21.7. The van der Waals surface area contributed by atoms with Crippen LogP contribution in [0, 0.1) is 18.6 Å². The maximum atomic E-state index is 13.5. The molecule has 1 amide bonds. The first-order chi connectivity index (χ1) is 16.0. The number of imidazole rings is 1. The molecule has 0 fully saturated rings. The average molecular weight is 444 g/mol. The summed E-state index contributed by atoms with van der Waals surface area (Å²) in [7, 11) is 0. The van der Waals surface area contributed by atoms with Crippen LogP contribution in [0.1, 0.15) is 21.6 Å². The zero-order valence-electron chi connectivity index (χ0n) is 17.5. The SMILES string of the molecule is Cc1ccc(-n2nccc2-c2nc(C(=O)NCc3ccc(F)c(F)c3)c3cnccn23)cc1. The predicted octanol–water partition coefficient (Wildman–Crippen LogP) is 4.10. The van der Waals surface area contributed by atoms with E-state index in [1.807, 2.05) is 37.3 Å². The van der Waals surface area contributed by atoms with E-state index in [0.717, 1.165) is 23.4 Å². The number of halogens is 2. The van der Waals surface area contributed by atoms with Crippen molar-refractivity contribution in [2.75, 3.05) is 0 Å². The number of benzene rings is 2. The third-order valence-corrected chi connectivity index (χ3v) is 5.25. The van der Waals surface area contributed by atoms with Crippen LogP contribution in [-0.2, 0) is 6.54 Å². The summed E-state index contributed by atoms with van der Waals surface area (Å²) in [6.45, 7) is 2.03. The molecular formula is C24H18F2N6O. The van der Waals surface area contributed by atoms with E-state index in [4.69, 9.17) is 0 Å². The Bertz CT molecular complexity index is 1470. The zero-order valence-corrected chi connectivity index (χ0v) is 17.5. The molecule has 3 heterocycles. The Morgan fingerprint density at radius 3 is 2.64 bits per heavy atom. The molecular weight excluding hydrogens is 426 g/mol. The fourth-order valence-electron chi connectivity index (χ4n) is 3.57. The average Bonchev–Trinajstić information content (AvgIpc) is 3.45. The zero-order chi connectivity index (χ0) is 22.9. The minimum absolute atomic E-state index is 0.0198. The molecule has 164 valence electrons. The Hall–Kier alpha value is -4.40. The van der Waals surface area contributed by atoms with Crippen molar-refractivity contribution in [3.05, 3.63) is 102 Å². The normalized spacial score (nSPS) is 11.1. The Labute approximate surface area is 187 Å². The van der Waals surface area contributed by atoms with Gasteiger partial charge in [0.25, 0.3) is 5.91 Å². The molecule has 0 spiro atoms. The highest BCUT2D eigenvalue weighted by Crippen LogP contribution is 2.25. The van der Waals surface area contributed by atoms with Gasteiger partial charge in [0.05, 0.1) is 23.6 Å². The minimum Gasteiger partial charge on any atom is -0.347 e. The van der Waals surface area contributed by atoms with E-state index in [-0.39, 0.29) is 12.2 Å². The van der Waals surface area contributed by atoms with Crippen molar-refractivity contribution < 1.29 is 13.6 Å². The number of carbonyl (C=O) groups is 1. The Morgan fingerprint density at radius 1 is 1.03 bits per heavy atom. The number of rotatable bonds is 5. The van der Waals surface area contributed by atoms with Crippen LogP contribution in [0.2, 0.25) is 0 Å². The maximum absolute atomic E-state index is 13.5. The molecule has 2 aromatic carbocycles. The number of aryl methyl sites for hydroxylation is 1. The predicted molar refractivity (Wildman–Crippen MR) is 118 cm³/mol. The molecule has 9 heteroatoms. The molecule has 0 aliphatic heterocycles. The van der Waals surface area contributed by atoms with Crippen LogP contribution in [0.15, 0.2) is 73.3 Å². The largest absolute Gasteiger partial charge is 0.347 e. The molecule has 33 heavy (non-hydrogen) atoms. The number of aromatic nitrogens is 5. The molecule has 0 aliphatic carbocycles. The van der Waals surface area contributed by atoms with Crippen LogP contribution in [0.25, 0.3) is 22.7 Å². The maximum Gasteiger partial charge on any atom is 0.272 e. The highest BCUT2D eigenvalue weighted by atomic mass is 19.2. The summed E-state index contributed by atoms with van der Waals surface area (Å²) >= 11 is 0. The van der Waals surface area contributed by atoms with Gasteiger partial charge in [0.15, 0.2) is 23.2 Å². The van der Waals surface area contributed by atoms with Crippen molar-refractivity contribution in [2.24, 2.45) is 0 Å². The van der Waals surface area contributed by atoms with Crippen LogP contribution in [-0.4, -0.2) is 30.1 Å².